The molecule has 21 heavy (non-hydrogen) atoms. The van der Waals surface area contributed by atoms with Crippen LogP contribution < -0.4 is 10.0 Å². The van der Waals surface area contributed by atoms with Gasteiger partial charge in [0.2, 0.25) is 15.8 Å². The zero-order valence-corrected chi connectivity index (χ0v) is 12.2. The molecule has 2 N–H and O–H groups in total. The zero-order chi connectivity index (χ0) is 15.7. The minimum absolute atomic E-state index is 0.310. The van der Waals surface area contributed by atoms with Crippen LogP contribution in [0.15, 0.2) is 23.1 Å². The SMILES string of the molecule is CC1(NS(=O)(=O)c2ccc(F)c([N+](=O)[O-])c2)CCNCC1. The van der Waals surface area contributed by atoms with E-state index in [2.05, 4.69) is 10.0 Å². The van der Waals surface area contributed by atoms with Crippen LogP contribution in [0, 0.1) is 15.9 Å². The van der Waals surface area contributed by atoms with Crippen LogP contribution in [-0.4, -0.2) is 32.0 Å². The molecule has 116 valence electrons. The fourth-order valence-corrected chi connectivity index (χ4v) is 3.75. The number of hydrogen-bond acceptors (Lipinski definition) is 5. The second-order valence-corrected chi connectivity index (χ2v) is 6.97. The van der Waals surface area contributed by atoms with Gasteiger partial charge >= 0.3 is 5.69 Å². The van der Waals surface area contributed by atoms with Gasteiger partial charge in [0.25, 0.3) is 0 Å². The highest BCUT2D eigenvalue weighted by molar-refractivity contribution is 7.89. The molecule has 1 aromatic rings. The van der Waals surface area contributed by atoms with Crippen molar-refractivity contribution in [3.8, 4) is 0 Å². The Balaban J connectivity index is 2.31. The summed E-state index contributed by atoms with van der Waals surface area (Å²) in [6, 6.07) is 2.55. The maximum Gasteiger partial charge on any atom is 0.306 e. The summed E-state index contributed by atoms with van der Waals surface area (Å²) in [5.74, 6) is -1.06. The molecule has 1 saturated heterocycles. The molecule has 1 fully saturated rings. The third-order valence-corrected chi connectivity index (χ3v) is 5.15. The molecule has 0 radical (unpaired) electrons. The van der Waals surface area contributed by atoms with Crippen molar-refractivity contribution in [1.82, 2.24) is 10.0 Å². The van der Waals surface area contributed by atoms with Gasteiger partial charge < -0.3 is 5.32 Å². The first-order valence-corrected chi connectivity index (χ1v) is 7.90. The molecule has 0 spiro atoms. The van der Waals surface area contributed by atoms with Crippen molar-refractivity contribution in [1.29, 1.82) is 0 Å². The Morgan fingerprint density at radius 2 is 2.00 bits per heavy atom. The van der Waals surface area contributed by atoms with E-state index >= 15 is 0 Å². The average Bonchev–Trinajstić information content (AvgIpc) is 2.38. The van der Waals surface area contributed by atoms with Gasteiger partial charge in [-0.1, -0.05) is 0 Å². The maximum atomic E-state index is 13.3. The molecule has 7 nitrogen and oxygen atoms in total. The second-order valence-electron chi connectivity index (χ2n) is 5.29. The quantitative estimate of drug-likeness (QED) is 0.641. The molecular weight excluding hydrogens is 301 g/mol. The van der Waals surface area contributed by atoms with Crippen LogP contribution in [0.5, 0.6) is 0 Å². The van der Waals surface area contributed by atoms with Crippen molar-refractivity contribution in [2.45, 2.75) is 30.2 Å². The van der Waals surface area contributed by atoms with Gasteiger partial charge in [-0.15, -0.1) is 0 Å². The lowest BCUT2D eigenvalue weighted by molar-refractivity contribution is -0.387. The van der Waals surface area contributed by atoms with Crippen LogP contribution in [0.25, 0.3) is 0 Å². The number of hydrogen-bond donors (Lipinski definition) is 2. The molecule has 0 atom stereocenters. The zero-order valence-electron chi connectivity index (χ0n) is 11.4. The monoisotopic (exact) mass is 317 g/mol. The molecule has 1 heterocycles. The maximum absolute atomic E-state index is 13.3. The van der Waals surface area contributed by atoms with Gasteiger partial charge in [-0.25, -0.2) is 13.1 Å². The number of nitro benzene ring substituents is 1. The number of sulfonamides is 1. The highest BCUT2D eigenvalue weighted by Gasteiger charge is 2.33. The van der Waals surface area contributed by atoms with Gasteiger partial charge in [0.15, 0.2) is 0 Å². The summed E-state index contributed by atoms with van der Waals surface area (Å²) in [6.07, 6.45) is 1.21. The number of nitrogens with one attached hydrogen (secondary N) is 2. The number of piperidine rings is 1. The summed E-state index contributed by atoms with van der Waals surface area (Å²) >= 11 is 0. The van der Waals surface area contributed by atoms with Crippen LogP contribution in [-0.2, 0) is 10.0 Å². The summed E-state index contributed by atoms with van der Waals surface area (Å²) in [6.45, 7) is 3.15. The van der Waals surface area contributed by atoms with Crippen LogP contribution >= 0.6 is 0 Å². The van der Waals surface area contributed by atoms with E-state index in [1.165, 1.54) is 0 Å². The Kier molecular flexibility index (Phi) is 4.26. The molecule has 0 amide bonds. The normalized spacial score (nSPS) is 18.4. The molecule has 0 aliphatic carbocycles. The average molecular weight is 317 g/mol. The molecule has 1 aliphatic rings. The van der Waals surface area contributed by atoms with E-state index in [4.69, 9.17) is 0 Å². The Hall–Kier alpha value is -1.58. The van der Waals surface area contributed by atoms with E-state index in [9.17, 15) is 22.9 Å². The Morgan fingerprint density at radius 1 is 1.38 bits per heavy atom. The fourth-order valence-electron chi connectivity index (χ4n) is 2.26. The van der Waals surface area contributed by atoms with Gasteiger partial charge in [0.05, 0.1) is 9.82 Å². The van der Waals surface area contributed by atoms with E-state index in [0.29, 0.717) is 25.9 Å². The number of benzene rings is 1. The fraction of sp³-hybridized carbons (Fsp3) is 0.500. The molecule has 0 aromatic heterocycles. The lowest BCUT2D eigenvalue weighted by Crippen LogP contribution is -2.52. The molecule has 0 saturated carbocycles. The highest BCUT2D eigenvalue weighted by atomic mass is 32.2. The molecule has 2 rings (SSSR count). The van der Waals surface area contributed by atoms with E-state index in [-0.39, 0.29) is 4.90 Å². The van der Waals surface area contributed by atoms with Crippen molar-refractivity contribution >= 4 is 15.7 Å². The summed E-state index contributed by atoms with van der Waals surface area (Å²) in [4.78, 5) is 9.44. The highest BCUT2D eigenvalue weighted by Crippen LogP contribution is 2.25. The van der Waals surface area contributed by atoms with Crippen LogP contribution in [0.3, 0.4) is 0 Å². The molecule has 1 aromatic carbocycles. The number of nitro groups is 1. The minimum atomic E-state index is -3.94. The van der Waals surface area contributed by atoms with Crippen molar-refractivity contribution in [3.63, 3.8) is 0 Å². The molecular formula is C12H16FN3O4S. The third kappa shape index (κ3) is 3.55. The molecule has 1 aliphatic heterocycles. The minimum Gasteiger partial charge on any atom is -0.317 e. The Morgan fingerprint density at radius 3 is 2.57 bits per heavy atom. The third-order valence-electron chi connectivity index (χ3n) is 3.51. The first-order chi connectivity index (χ1) is 9.73. The summed E-state index contributed by atoms with van der Waals surface area (Å²) in [7, 11) is -3.94. The van der Waals surface area contributed by atoms with Gasteiger partial charge in [0, 0.05) is 11.6 Å². The lowest BCUT2D eigenvalue weighted by atomic mass is 9.92. The number of rotatable bonds is 4. The largest absolute Gasteiger partial charge is 0.317 e. The lowest BCUT2D eigenvalue weighted by Gasteiger charge is -2.34. The smallest absolute Gasteiger partial charge is 0.306 e. The predicted molar refractivity (Wildman–Crippen MR) is 73.9 cm³/mol. The van der Waals surface area contributed by atoms with E-state index in [1.807, 2.05) is 0 Å². The number of halogens is 1. The van der Waals surface area contributed by atoms with Gasteiger partial charge in [-0.3, -0.25) is 10.1 Å². The summed E-state index contributed by atoms with van der Waals surface area (Å²) in [5, 5.41) is 13.8. The first kappa shape index (κ1) is 15.8. The van der Waals surface area contributed by atoms with Crippen LogP contribution in [0.1, 0.15) is 19.8 Å². The van der Waals surface area contributed by atoms with Gasteiger partial charge in [-0.05, 0) is 45.0 Å². The van der Waals surface area contributed by atoms with Crippen LogP contribution in [0.2, 0.25) is 0 Å². The van der Waals surface area contributed by atoms with Crippen molar-refractivity contribution < 1.29 is 17.7 Å². The molecule has 0 bridgehead atoms. The van der Waals surface area contributed by atoms with E-state index in [1.54, 1.807) is 6.92 Å². The Labute approximate surface area is 121 Å². The van der Waals surface area contributed by atoms with E-state index in [0.717, 1.165) is 18.2 Å². The van der Waals surface area contributed by atoms with Crippen molar-refractivity contribution in [2.75, 3.05) is 13.1 Å². The number of nitrogens with zero attached hydrogens (tertiary/aromatic N) is 1. The topological polar surface area (TPSA) is 101 Å². The van der Waals surface area contributed by atoms with Gasteiger partial charge in [0.1, 0.15) is 0 Å². The second kappa shape index (κ2) is 5.66. The van der Waals surface area contributed by atoms with Gasteiger partial charge in [-0.2, -0.15) is 4.39 Å². The summed E-state index contributed by atoms with van der Waals surface area (Å²) in [5.41, 5.74) is -1.47. The molecule has 9 heteroatoms. The van der Waals surface area contributed by atoms with Crippen molar-refractivity contribution in [2.24, 2.45) is 0 Å². The Bertz CT molecular complexity index is 656. The van der Waals surface area contributed by atoms with Crippen molar-refractivity contribution in [3.05, 3.63) is 34.1 Å². The first-order valence-electron chi connectivity index (χ1n) is 6.42. The predicted octanol–water partition coefficient (Wildman–Crippen LogP) is 1.15. The standard InChI is InChI=1S/C12H16FN3O4S/c1-12(4-6-14-7-5-12)15-21(19,20)9-2-3-10(13)11(8-9)16(17)18/h2-3,8,14-15H,4-7H2,1H3. The van der Waals surface area contributed by atoms with Crippen LogP contribution in [0.4, 0.5) is 10.1 Å². The van der Waals surface area contributed by atoms with E-state index < -0.39 is 32.0 Å². The molecule has 0 unspecified atom stereocenters. The summed E-state index contributed by atoms with van der Waals surface area (Å²) < 4.78 is 40.5.